The van der Waals surface area contributed by atoms with Crippen molar-refractivity contribution in [1.29, 1.82) is 0 Å². The number of nitrogens with one attached hydrogen (secondary N) is 2. The fourth-order valence-electron chi connectivity index (χ4n) is 4.83. The number of imide groups is 2. The van der Waals surface area contributed by atoms with Crippen LogP contribution >= 0.6 is 0 Å². The van der Waals surface area contributed by atoms with Gasteiger partial charge in [0.1, 0.15) is 17.7 Å². The maximum Gasteiger partial charge on any atom is 0.328 e. The number of benzene rings is 2. The molecule has 10 nitrogen and oxygen atoms in total. The second-order valence-electron chi connectivity index (χ2n) is 9.24. The Bertz CT molecular complexity index is 1510. The first-order valence-electron chi connectivity index (χ1n) is 12.1. The molecule has 0 bridgehead atoms. The average Bonchev–Trinajstić information content (AvgIpc) is 3.58. The van der Waals surface area contributed by atoms with Crippen molar-refractivity contribution >= 4 is 23.5 Å². The van der Waals surface area contributed by atoms with E-state index in [0.29, 0.717) is 48.3 Å². The Morgan fingerprint density at radius 1 is 0.921 bits per heavy atom. The number of aromatic nitrogens is 2. The maximum absolute atomic E-state index is 12.7. The number of urea groups is 1. The molecular weight excluding hydrogens is 486 g/mol. The molecule has 2 aromatic heterocycles. The second kappa shape index (κ2) is 9.15. The van der Waals surface area contributed by atoms with Crippen molar-refractivity contribution in [2.75, 3.05) is 11.4 Å². The minimum atomic E-state index is -1.46. The van der Waals surface area contributed by atoms with Crippen molar-refractivity contribution in [1.82, 2.24) is 20.6 Å². The number of ether oxygens (including phenoxy) is 1. The van der Waals surface area contributed by atoms with Crippen molar-refractivity contribution < 1.29 is 23.5 Å². The van der Waals surface area contributed by atoms with Gasteiger partial charge in [-0.05, 0) is 62.2 Å². The number of aryl methyl sites for hydroxylation is 1. The van der Waals surface area contributed by atoms with E-state index in [4.69, 9.17) is 9.15 Å². The highest BCUT2D eigenvalue weighted by Crippen LogP contribution is 2.36. The van der Waals surface area contributed by atoms with Crippen molar-refractivity contribution in [3.05, 3.63) is 78.7 Å². The number of amides is 4. The first-order valence-corrected chi connectivity index (χ1v) is 12.1. The Hall–Kier alpha value is -4.99. The summed E-state index contributed by atoms with van der Waals surface area (Å²) in [6.07, 6.45) is 4.10. The van der Waals surface area contributed by atoms with Gasteiger partial charge in [-0.15, -0.1) is 0 Å². The van der Waals surface area contributed by atoms with Gasteiger partial charge in [0.05, 0.1) is 11.9 Å². The summed E-state index contributed by atoms with van der Waals surface area (Å²) in [5.74, 6) is 0.243. The molecule has 38 heavy (non-hydrogen) atoms. The van der Waals surface area contributed by atoms with Gasteiger partial charge in [0.25, 0.3) is 11.8 Å². The van der Waals surface area contributed by atoms with E-state index in [0.717, 1.165) is 11.1 Å². The highest BCUT2D eigenvalue weighted by atomic mass is 16.5. The van der Waals surface area contributed by atoms with Gasteiger partial charge in [0.15, 0.2) is 5.54 Å². The zero-order valence-electron chi connectivity index (χ0n) is 20.4. The van der Waals surface area contributed by atoms with E-state index in [1.807, 2.05) is 55.5 Å². The lowest BCUT2D eigenvalue weighted by molar-refractivity contribution is -0.137. The zero-order chi connectivity index (χ0) is 26.3. The van der Waals surface area contributed by atoms with Crippen molar-refractivity contribution in [2.24, 2.45) is 0 Å². The Labute approximate surface area is 217 Å². The molecule has 2 aliphatic rings. The van der Waals surface area contributed by atoms with E-state index >= 15 is 0 Å². The van der Waals surface area contributed by atoms with Crippen molar-refractivity contribution in [3.63, 3.8) is 0 Å². The molecule has 190 valence electrons. The molecule has 4 amide bonds. The molecule has 0 saturated carbocycles. The summed E-state index contributed by atoms with van der Waals surface area (Å²) in [7, 11) is 0. The number of rotatable bonds is 5. The molecule has 2 fully saturated rings. The van der Waals surface area contributed by atoms with Crippen LogP contribution in [0.1, 0.15) is 18.4 Å². The molecule has 0 radical (unpaired) electrons. The van der Waals surface area contributed by atoms with E-state index in [2.05, 4.69) is 20.6 Å². The normalized spacial score (nSPS) is 16.4. The number of carbonyl (C=O) groups is 3. The van der Waals surface area contributed by atoms with Gasteiger partial charge in [0, 0.05) is 23.7 Å². The summed E-state index contributed by atoms with van der Waals surface area (Å²) < 4.78 is 11.6. The number of nitrogens with zero attached hydrogens (tertiary/aromatic N) is 3. The fraction of sp³-hybridized carbons (Fsp3) is 0.179. The molecule has 2 saturated heterocycles. The topological polar surface area (TPSA) is 127 Å². The first-order chi connectivity index (χ1) is 18.4. The van der Waals surface area contributed by atoms with Crippen LogP contribution in [0.4, 0.5) is 10.5 Å². The number of oxazole rings is 1. The van der Waals surface area contributed by atoms with E-state index in [9.17, 15) is 14.4 Å². The predicted octanol–water partition coefficient (Wildman–Crippen LogP) is 4.21. The molecule has 1 spiro atoms. The first kappa shape index (κ1) is 23.4. The molecule has 0 atom stereocenters. The highest BCUT2D eigenvalue weighted by Gasteiger charge is 2.57. The lowest BCUT2D eigenvalue weighted by Gasteiger charge is -2.38. The van der Waals surface area contributed by atoms with Crippen LogP contribution < -0.4 is 20.3 Å². The zero-order valence-corrected chi connectivity index (χ0v) is 20.4. The van der Waals surface area contributed by atoms with Crippen LogP contribution in [0.25, 0.3) is 22.7 Å². The van der Waals surface area contributed by atoms with Crippen LogP contribution in [0.15, 0.2) is 77.5 Å². The van der Waals surface area contributed by atoms with E-state index in [1.165, 1.54) is 5.56 Å². The Balaban J connectivity index is 1.15. The molecule has 2 aromatic carbocycles. The molecule has 6 rings (SSSR count). The average molecular weight is 510 g/mol. The van der Waals surface area contributed by atoms with Gasteiger partial charge in [0.2, 0.25) is 11.8 Å². The maximum atomic E-state index is 12.7. The van der Waals surface area contributed by atoms with Crippen molar-refractivity contribution in [3.8, 4) is 34.3 Å². The third-order valence-electron chi connectivity index (χ3n) is 6.79. The van der Waals surface area contributed by atoms with Crippen LogP contribution in [0.5, 0.6) is 11.6 Å². The van der Waals surface area contributed by atoms with Gasteiger partial charge in [-0.2, -0.15) is 0 Å². The lowest BCUT2D eigenvalue weighted by atomic mass is 9.92. The van der Waals surface area contributed by atoms with Crippen LogP contribution in [0.3, 0.4) is 0 Å². The molecule has 10 heteroatoms. The Kier molecular flexibility index (Phi) is 5.64. The predicted molar refractivity (Wildman–Crippen MR) is 137 cm³/mol. The number of anilines is 1. The molecule has 2 N–H and O–H groups in total. The third-order valence-corrected chi connectivity index (χ3v) is 6.79. The summed E-state index contributed by atoms with van der Waals surface area (Å²) in [4.78, 5) is 47.5. The summed E-state index contributed by atoms with van der Waals surface area (Å²) in [5.41, 5.74) is 2.79. The summed E-state index contributed by atoms with van der Waals surface area (Å²) in [6, 6.07) is 18.0. The largest absolute Gasteiger partial charge is 0.444 e. The van der Waals surface area contributed by atoms with E-state index in [1.54, 1.807) is 29.5 Å². The third kappa shape index (κ3) is 4.05. The van der Waals surface area contributed by atoms with Crippen LogP contribution in [-0.2, 0) is 9.59 Å². The van der Waals surface area contributed by atoms with Gasteiger partial charge < -0.3 is 14.1 Å². The molecule has 4 aromatic rings. The van der Waals surface area contributed by atoms with Gasteiger partial charge in [-0.3, -0.25) is 20.2 Å². The molecule has 0 unspecified atom stereocenters. The molecule has 0 aliphatic carbocycles. The quantitative estimate of drug-likeness (QED) is 0.383. The second-order valence-corrected chi connectivity index (χ2v) is 9.24. The van der Waals surface area contributed by atoms with E-state index in [-0.39, 0.29) is 0 Å². The fourth-order valence-corrected chi connectivity index (χ4v) is 4.83. The number of carbonyl (C=O) groups excluding carboxylic acids is 3. The van der Waals surface area contributed by atoms with E-state index < -0.39 is 23.4 Å². The summed E-state index contributed by atoms with van der Waals surface area (Å²) in [5, 5.41) is 4.41. The van der Waals surface area contributed by atoms with Gasteiger partial charge in [-0.25, -0.2) is 14.8 Å². The number of barbiturate groups is 1. The molecule has 4 heterocycles. The standard InChI is InChI=1S/C28H23N5O5/c1-17-3-5-19(6-4-17)24-30-22(16-37-24)18-7-10-21(11-8-18)38-23-12-9-20(15-29-23)33-14-2-13-28(33)25(34)31-27(36)32-26(28)35/h3-12,15-16H,2,13-14H2,1H3,(H2,31,32,34,35,36). The number of hydrogen-bond donors (Lipinski definition) is 2. The molecular formula is C28H23N5O5. The SMILES string of the molecule is Cc1ccc(-c2nc(-c3ccc(Oc4ccc(N5CCCC56C(=O)NC(=O)NC6=O)cn4)cc3)co2)cc1. The van der Waals surface area contributed by atoms with Crippen LogP contribution in [0, 0.1) is 6.92 Å². The summed E-state index contributed by atoms with van der Waals surface area (Å²) in [6.45, 7) is 2.51. The lowest BCUT2D eigenvalue weighted by Crippen LogP contribution is -2.71. The van der Waals surface area contributed by atoms with Crippen LogP contribution in [-0.4, -0.2) is 39.9 Å². The number of pyridine rings is 1. The monoisotopic (exact) mass is 509 g/mol. The summed E-state index contributed by atoms with van der Waals surface area (Å²) >= 11 is 0. The smallest absolute Gasteiger partial charge is 0.328 e. The Morgan fingerprint density at radius 3 is 2.32 bits per heavy atom. The van der Waals surface area contributed by atoms with Crippen molar-refractivity contribution in [2.45, 2.75) is 25.3 Å². The molecule has 2 aliphatic heterocycles. The highest BCUT2D eigenvalue weighted by molar-refractivity contribution is 6.24. The van der Waals surface area contributed by atoms with Gasteiger partial charge >= 0.3 is 6.03 Å². The van der Waals surface area contributed by atoms with Crippen LogP contribution in [0.2, 0.25) is 0 Å². The minimum Gasteiger partial charge on any atom is -0.444 e. The Morgan fingerprint density at radius 2 is 1.63 bits per heavy atom. The van der Waals surface area contributed by atoms with Gasteiger partial charge in [-0.1, -0.05) is 17.7 Å². The number of hydrogen-bond acceptors (Lipinski definition) is 8. The minimum absolute atomic E-state index is 0.306.